The first-order valence-corrected chi connectivity index (χ1v) is 6.11. The fourth-order valence-corrected chi connectivity index (χ4v) is 2.28. The lowest BCUT2D eigenvalue weighted by atomic mass is 10.1. The molecular weight excluding hydrogens is 212 g/mol. The summed E-state index contributed by atoms with van der Waals surface area (Å²) in [6.45, 7) is 6.60. The van der Waals surface area contributed by atoms with Gasteiger partial charge in [-0.2, -0.15) is 5.26 Å². The highest BCUT2D eigenvalue weighted by Crippen LogP contribution is 2.26. The van der Waals surface area contributed by atoms with Gasteiger partial charge in [0.15, 0.2) is 0 Å². The van der Waals surface area contributed by atoms with Crippen molar-refractivity contribution in [2.24, 2.45) is 0 Å². The molecule has 0 aliphatic carbocycles. The molecule has 1 atom stereocenters. The third-order valence-corrected chi connectivity index (χ3v) is 3.28. The fourth-order valence-electron chi connectivity index (χ4n) is 2.28. The van der Waals surface area contributed by atoms with E-state index in [0.717, 1.165) is 37.4 Å². The second-order valence-corrected chi connectivity index (χ2v) is 4.46. The molecule has 1 heterocycles. The van der Waals surface area contributed by atoms with Crippen molar-refractivity contribution in [3.63, 3.8) is 0 Å². The smallest absolute Gasteiger partial charge is 0.101 e. The van der Waals surface area contributed by atoms with Gasteiger partial charge in [0.05, 0.1) is 30.5 Å². The van der Waals surface area contributed by atoms with E-state index in [4.69, 9.17) is 4.74 Å². The van der Waals surface area contributed by atoms with Gasteiger partial charge in [0.1, 0.15) is 6.07 Å². The lowest BCUT2D eigenvalue weighted by Gasteiger charge is -2.37. The molecule has 0 spiro atoms. The summed E-state index contributed by atoms with van der Waals surface area (Å²) in [4.78, 5) is 2.31. The summed E-state index contributed by atoms with van der Waals surface area (Å²) in [5.41, 5.74) is 3.01. The van der Waals surface area contributed by atoms with Gasteiger partial charge < -0.3 is 9.64 Å². The SMILES string of the molecule is CCC1COCCN1c1cc(C)ccc1C#N. The van der Waals surface area contributed by atoms with Crippen LogP contribution >= 0.6 is 0 Å². The first-order chi connectivity index (χ1) is 8.26. The van der Waals surface area contributed by atoms with Gasteiger partial charge in [-0.05, 0) is 31.0 Å². The minimum atomic E-state index is 0.387. The van der Waals surface area contributed by atoms with E-state index in [1.54, 1.807) is 0 Å². The molecule has 0 N–H and O–H groups in total. The minimum absolute atomic E-state index is 0.387. The molecule has 1 aliphatic heterocycles. The van der Waals surface area contributed by atoms with E-state index in [9.17, 15) is 5.26 Å². The van der Waals surface area contributed by atoms with E-state index >= 15 is 0 Å². The lowest BCUT2D eigenvalue weighted by Crippen LogP contribution is -2.45. The van der Waals surface area contributed by atoms with Crippen LogP contribution in [0, 0.1) is 18.3 Å². The summed E-state index contributed by atoms with van der Waals surface area (Å²) in [5, 5.41) is 9.19. The van der Waals surface area contributed by atoms with Crippen LogP contribution in [-0.4, -0.2) is 25.8 Å². The van der Waals surface area contributed by atoms with Gasteiger partial charge in [-0.25, -0.2) is 0 Å². The zero-order valence-electron chi connectivity index (χ0n) is 10.4. The third-order valence-electron chi connectivity index (χ3n) is 3.28. The number of rotatable bonds is 2. The number of nitriles is 1. The van der Waals surface area contributed by atoms with Crippen molar-refractivity contribution in [2.75, 3.05) is 24.7 Å². The Bertz CT molecular complexity index is 436. The van der Waals surface area contributed by atoms with Crippen LogP contribution in [0.15, 0.2) is 18.2 Å². The van der Waals surface area contributed by atoms with E-state index in [1.807, 2.05) is 12.1 Å². The van der Waals surface area contributed by atoms with Crippen LogP contribution in [0.1, 0.15) is 24.5 Å². The molecule has 0 saturated carbocycles. The van der Waals surface area contributed by atoms with Gasteiger partial charge in [-0.15, -0.1) is 0 Å². The molecule has 1 unspecified atom stereocenters. The Morgan fingerprint density at radius 1 is 1.53 bits per heavy atom. The molecule has 1 saturated heterocycles. The van der Waals surface area contributed by atoms with Crippen LogP contribution in [0.4, 0.5) is 5.69 Å². The van der Waals surface area contributed by atoms with Gasteiger partial charge in [-0.3, -0.25) is 0 Å². The maximum absolute atomic E-state index is 9.19. The van der Waals surface area contributed by atoms with Crippen LogP contribution in [0.2, 0.25) is 0 Å². The van der Waals surface area contributed by atoms with Crippen molar-refractivity contribution in [3.8, 4) is 6.07 Å². The summed E-state index contributed by atoms with van der Waals surface area (Å²) >= 11 is 0. The van der Waals surface area contributed by atoms with E-state index in [1.165, 1.54) is 5.56 Å². The second-order valence-electron chi connectivity index (χ2n) is 4.46. The Kier molecular flexibility index (Phi) is 3.65. The molecule has 0 aromatic heterocycles. The van der Waals surface area contributed by atoms with Gasteiger partial charge in [0, 0.05) is 6.54 Å². The van der Waals surface area contributed by atoms with Gasteiger partial charge in [0.2, 0.25) is 0 Å². The topological polar surface area (TPSA) is 36.3 Å². The fraction of sp³-hybridized carbons (Fsp3) is 0.500. The molecule has 1 fully saturated rings. The number of anilines is 1. The molecule has 1 aromatic rings. The van der Waals surface area contributed by atoms with Crippen molar-refractivity contribution >= 4 is 5.69 Å². The molecule has 90 valence electrons. The van der Waals surface area contributed by atoms with Crippen LogP contribution in [0.3, 0.4) is 0 Å². The Balaban J connectivity index is 2.37. The van der Waals surface area contributed by atoms with Crippen molar-refractivity contribution in [1.82, 2.24) is 0 Å². The average molecular weight is 230 g/mol. The van der Waals surface area contributed by atoms with Crippen molar-refractivity contribution in [1.29, 1.82) is 5.26 Å². The highest BCUT2D eigenvalue weighted by Gasteiger charge is 2.23. The van der Waals surface area contributed by atoms with Crippen LogP contribution in [0.5, 0.6) is 0 Å². The lowest BCUT2D eigenvalue weighted by molar-refractivity contribution is 0.0929. The highest BCUT2D eigenvalue weighted by molar-refractivity contribution is 5.61. The first kappa shape index (κ1) is 11.9. The van der Waals surface area contributed by atoms with Crippen LogP contribution < -0.4 is 4.90 Å². The number of ether oxygens (including phenoxy) is 1. The molecule has 2 rings (SSSR count). The van der Waals surface area contributed by atoms with Gasteiger partial charge in [0.25, 0.3) is 0 Å². The molecule has 1 aromatic carbocycles. The Hall–Kier alpha value is -1.53. The van der Waals surface area contributed by atoms with Crippen molar-refractivity contribution in [2.45, 2.75) is 26.3 Å². The Morgan fingerprint density at radius 3 is 3.06 bits per heavy atom. The number of nitrogens with zero attached hydrogens (tertiary/aromatic N) is 2. The molecule has 0 bridgehead atoms. The number of aryl methyl sites for hydroxylation is 1. The van der Waals surface area contributed by atoms with Crippen LogP contribution in [-0.2, 0) is 4.74 Å². The molecule has 3 nitrogen and oxygen atoms in total. The molecule has 1 aliphatic rings. The van der Waals surface area contributed by atoms with Gasteiger partial charge >= 0.3 is 0 Å². The summed E-state index contributed by atoms with van der Waals surface area (Å²) in [6.07, 6.45) is 1.04. The number of hydrogen-bond donors (Lipinski definition) is 0. The summed E-state index contributed by atoms with van der Waals surface area (Å²) < 4.78 is 5.50. The first-order valence-electron chi connectivity index (χ1n) is 6.11. The molecule has 0 amide bonds. The molecule has 0 radical (unpaired) electrons. The van der Waals surface area contributed by atoms with Gasteiger partial charge in [-0.1, -0.05) is 13.0 Å². The molecule has 3 heteroatoms. The largest absolute Gasteiger partial charge is 0.377 e. The van der Waals surface area contributed by atoms with E-state index in [0.29, 0.717) is 6.04 Å². The molecular formula is C14H18N2O. The Morgan fingerprint density at radius 2 is 2.35 bits per heavy atom. The highest BCUT2D eigenvalue weighted by atomic mass is 16.5. The normalized spacial score (nSPS) is 20.1. The maximum atomic E-state index is 9.19. The summed E-state index contributed by atoms with van der Waals surface area (Å²) in [7, 11) is 0. The average Bonchev–Trinajstić information content (AvgIpc) is 2.38. The molecule has 17 heavy (non-hydrogen) atoms. The zero-order valence-corrected chi connectivity index (χ0v) is 10.4. The predicted octanol–water partition coefficient (Wildman–Crippen LogP) is 2.48. The maximum Gasteiger partial charge on any atom is 0.101 e. The summed E-state index contributed by atoms with van der Waals surface area (Å²) in [6, 6.07) is 8.67. The Labute approximate surface area is 103 Å². The number of morpholine rings is 1. The quantitative estimate of drug-likeness (QED) is 0.783. The third kappa shape index (κ3) is 2.42. The minimum Gasteiger partial charge on any atom is -0.377 e. The van der Waals surface area contributed by atoms with E-state index in [2.05, 4.69) is 30.9 Å². The van der Waals surface area contributed by atoms with Crippen molar-refractivity contribution in [3.05, 3.63) is 29.3 Å². The second kappa shape index (κ2) is 5.20. The van der Waals surface area contributed by atoms with Crippen LogP contribution in [0.25, 0.3) is 0 Å². The zero-order chi connectivity index (χ0) is 12.3. The monoisotopic (exact) mass is 230 g/mol. The summed E-state index contributed by atoms with van der Waals surface area (Å²) in [5.74, 6) is 0. The van der Waals surface area contributed by atoms with E-state index in [-0.39, 0.29) is 0 Å². The number of hydrogen-bond acceptors (Lipinski definition) is 3. The standard InChI is InChI=1S/C14H18N2O/c1-3-13-10-17-7-6-16(13)14-8-11(2)4-5-12(14)9-15/h4-5,8,13H,3,6-7,10H2,1-2H3. The predicted molar refractivity (Wildman–Crippen MR) is 68.1 cm³/mol. The number of benzene rings is 1. The van der Waals surface area contributed by atoms with E-state index < -0.39 is 0 Å². The van der Waals surface area contributed by atoms with Crippen molar-refractivity contribution < 1.29 is 4.74 Å².